The molecule has 28 heavy (non-hydrogen) atoms. The number of H-pyrrole nitrogens is 1. The number of hydrogen-bond acceptors (Lipinski definition) is 4. The zero-order valence-corrected chi connectivity index (χ0v) is 15.5. The number of rotatable bonds is 5. The van der Waals surface area contributed by atoms with Crippen molar-refractivity contribution in [3.05, 3.63) is 68.7 Å². The second kappa shape index (κ2) is 7.91. The van der Waals surface area contributed by atoms with E-state index >= 15 is 0 Å². The Morgan fingerprint density at radius 2 is 1.61 bits per heavy atom. The molecule has 3 rings (SSSR count). The molecule has 8 nitrogen and oxygen atoms in total. The number of aromatic nitrogens is 2. The number of nitrogens with one attached hydrogen (secondary N) is 3. The zero-order valence-electron chi connectivity index (χ0n) is 15.5. The fourth-order valence-electron chi connectivity index (χ4n) is 2.93. The molecule has 3 N–H and O–H groups in total. The number of carbonyl (C=O) groups is 2. The minimum absolute atomic E-state index is 0.00199. The van der Waals surface area contributed by atoms with E-state index < -0.39 is 0 Å². The summed E-state index contributed by atoms with van der Waals surface area (Å²) < 4.78 is 1.14. The van der Waals surface area contributed by atoms with Gasteiger partial charge in [-0.15, -0.1) is 0 Å². The molecule has 0 fully saturated rings. The van der Waals surface area contributed by atoms with E-state index in [0.717, 1.165) is 10.2 Å². The molecule has 0 radical (unpaired) electrons. The number of nitrogens with zero attached hydrogens (tertiary/aromatic N) is 1. The summed E-state index contributed by atoms with van der Waals surface area (Å²) in [4.78, 5) is 48.2. The number of fused-ring (bicyclic) bond motifs is 1. The van der Waals surface area contributed by atoms with Crippen LogP contribution in [0, 0.1) is 6.92 Å². The van der Waals surface area contributed by atoms with Gasteiger partial charge in [-0.3, -0.25) is 24.3 Å². The van der Waals surface area contributed by atoms with Crippen LogP contribution in [0.1, 0.15) is 18.9 Å². The Hall–Kier alpha value is -3.68. The molecule has 144 valence electrons. The molecule has 0 aliphatic carbocycles. The lowest BCUT2D eigenvalue weighted by Crippen LogP contribution is -2.31. The lowest BCUT2D eigenvalue weighted by Gasteiger charge is -2.13. The molecule has 8 heteroatoms. The summed E-state index contributed by atoms with van der Waals surface area (Å²) in [5, 5.41) is 8.60. The molecule has 0 aliphatic rings. The highest BCUT2D eigenvalue weighted by molar-refractivity contribution is 5.95. The topological polar surface area (TPSA) is 113 Å². The van der Waals surface area contributed by atoms with Crippen molar-refractivity contribution in [2.75, 3.05) is 10.6 Å². The Labute approximate surface area is 160 Å². The van der Waals surface area contributed by atoms with Gasteiger partial charge in [-0.1, -0.05) is 18.2 Å². The molecule has 0 saturated heterocycles. The summed E-state index contributed by atoms with van der Waals surface area (Å²) >= 11 is 0. The number of benzene rings is 2. The van der Waals surface area contributed by atoms with E-state index in [1.807, 2.05) is 0 Å². The summed E-state index contributed by atoms with van der Waals surface area (Å²) in [6.07, 6.45) is -0.00199. The number of aryl methyl sites for hydroxylation is 1. The van der Waals surface area contributed by atoms with Crippen LogP contribution in [0.25, 0.3) is 10.8 Å². The van der Waals surface area contributed by atoms with Crippen LogP contribution in [0.4, 0.5) is 11.4 Å². The highest BCUT2D eigenvalue weighted by Gasteiger charge is 2.11. The molecule has 1 heterocycles. The molecule has 0 aliphatic heterocycles. The maximum absolute atomic E-state index is 12.5. The molecule has 0 bridgehead atoms. The smallest absolute Gasteiger partial charge is 0.273 e. The maximum Gasteiger partial charge on any atom is 0.273 e. The van der Waals surface area contributed by atoms with Crippen molar-refractivity contribution < 1.29 is 9.59 Å². The number of anilines is 2. The van der Waals surface area contributed by atoms with Crippen LogP contribution in [0.15, 0.2) is 52.1 Å². The van der Waals surface area contributed by atoms with Gasteiger partial charge in [-0.25, -0.2) is 4.68 Å². The second-order valence-electron chi connectivity index (χ2n) is 6.40. The highest BCUT2D eigenvalue weighted by Crippen LogP contribution is 2.23. The van der Waals surface area contributed by atoms with Crippen LogP contribution in [-0.4, -0.2) is 21.6 Å². The molecule has 3 aromatic rings. The zero-order chi connectivity index (χ0) is 20.3. The molecular weight excluding hydrogens is 360 g/mol. The minimum Gasteiger partial charge on any atom is -0.326 e. The average Bonchev–Trinajstić information content (AvgIpc) is 2.66. The van der Waals surface area contributed by atoms with Gasteiger partial charge < -0.3 is 10.6 Å². The Morgan fingerprint density at radius 3 is 2.29 bits per heavy atom. The Morgan fingerprint density at radius 1 is 0.964 bits per heavy atom. The van der Waals surface area contributed by atoms with Crippen molar-refractivity contribution in [3.63, 3.8) is 0 Å². The van der Waals surface area contributed by atoms with Gasteiger partial charge in [-0.2, -0.15) is 0 Å². The van der Waals surface area contributed by atoms with Crippen molar-refractivity contribution in [1.82, 2.24) is 9.78 Å². The number of aromatic amines is 1. The molecule has 1 aromatic heterocycles. The predicted octanol–water partition coefficient (Wildman–Crippen LogP) is 1.99. The fraction of sp³-hybridized carbons (Fsp3) is 0.200. The quantitative estimate of drug-likeness (QED) is 0.628. The van der Waals surface area contributed by atoms with Crippen LogP contribution in [0.3, 0.4) is 0 Å². The monoisotopic (exact) mass is 380 g/mol. The van der Waals surface area contributed by atoms with Gasteiger partial charge in [0.05, 0.1) is 17.3 Å². The van der Waals surface area contributed by atoms with E-state index in [-0.39, 0.29) is 35.9 Å². The first-order valence-corrected chi connectivity index (χ1v) is 8.75. The van der Waals surface area contributed by atoms with E-state index in [2.05, 4.69) is 15.7 Å². The van der Waals surface area contributed by atoms with Gasteiger partial charge >= 0.3 is 0 Å². The lowest BCUT2D eigenvalue weighted by molar-refractivity contribution is -0.116. The van der Waals surface area contributed by atoms with Crippen LogP contribution in [-0.2, 0) is 16.1 Å². The SMILES string of the molecule is CC(=O)Nc1cccc(NC(=O)CCn2[nH]c(=O)c3ccccc3c2=O)c1C. The average molecular weight is 380 g/mol. The first-order valence-electron chi connectivity index (χ1n) is 8.75. The van der Waals surface area contributed by atoms with Gasteiger partial charge in [0, 0.05) is 24.7 Å². The van der Waals surface area contributed by atoms with Gasteiger partial charge in [0.1, 0.15) is 0 Å². The second-order valence-corrected chi connectivity index (χ2v) is 6.40. The maximum atomic E-state index is 12.5. The molecule has 0 saturated carbocycles. The lowest BCUT2D eigenvalue weighted by atomic mass is 10.1. The summed E-state index contributed by atoms with van der Waals surface area (Å²) in [5.41, 5.74) is 1.17. The van der Waals surface area contributed by atoms with Crippen molar-refractivity contribution in [3.8, 4) is 0 Å². The van der Waals surface area contributed by atoms with E-state index in [0.29, 0.717) is 22.1 Å². The van der Waals surface area contributed by atoms with Crippen molar-refractivity contribution in [2.45, 2.75) is 26.8 Å². The molecule has 0 unspecified atom stereocenters. The fourth-order valence-corrected chi connectivity index (χ4v) is 2.93. The molecule has 0 atom stereocenters. The molecule has 2 amide bonds. The van der Waals surface area contributed by atoms with E-state index in [4.69, 9.17) is 0 Å². The molecular formula is C20H20N4O4. The highest BCUT2D eigenvalue weighted by atomic mass is 16.2. The Balaban J connectivity index is 1.74. The number of hydrogen-bond donors (Lipinski definition) is 3. The van der Waals surface area contributed by atoms with E-state index in [9.17, 15) is 19.2 Å². The third kappa shape index (κ3) is 4.01. The minimum atomic E-state index is -0.380. The summed E-state index contributed by atoms with van der Waals surface area (Å²) in [6.45, 7) is 3.23. The third-order valence-electron chi connectivity index (χ3n) is 4.36. The standard InChI is InChI=1S/C20H20N4O4/c1-12-16(21-13(2)25)8-5-9-17(12)22-18(26)10-11-24-20(28)15-7-4-3-6-14(15)19(27)23-24/h3-9H,10-11H2,1-2H3,(H,21,25)(H,22,26)(H,23,27). The summed E-state index contributed by atoms with van der Waals surface area (Å²) in [5.74, 6) is -0.518. The van der Waals surface area contributed by atoms with Gasteiger partial charge in [0.15, 0.2) is 0 Å². The van der Waals surface area contributed by atoms with Gasteiger partial charge in [0.25, 0.3) is 11.1 Å². The summed E-state index contributed by atoms with van der Waals surface area (Å²) in [6, 6.07) is 11.7. The van der Waals surface area contributed by atoms with Crippen LogP contribution >= 0.6 is 0 Å². The van der Waals surface area contributed by atoms with Crippen molar-refractivity contribution >= 4 is 34.0 Å². The first-order chi connectivity index (χ1) is 13.4. The number of amides is 2. The predicted molar refractivity (Wildman–Crippen MR) is 108 cm³/mol. The Bertz CT molecular complexity index is 1180. The normalized spacial score (nSPS) is 10.6. The van der Waals surface area contributed by atoms with Gasteiger partial charge in [-0.05, 0) is 36.8 Å². The Kier molecular flexibility index (Phi) is 5.39. The van der Waals surface area contributed by atoms with Crippen LogP contribution < -0.4 is 21.8 Å². The third-order valence-corrected chi connectivity index (χ3v) is 4.36. The van der Waals surface area contributed by atoms with Crippen molar-refractivity contribution in [2.24, 2.45) is 0 Å². The van der Waals surface area contributed by atoms with E-state index in [1.165, 1.54) is 6.92 Å². The molecule has 0 spiro atoms. The van der Waals surface area contributed by atoms with Crippen LogP contribution in [0.5, 0.6) is 0 Å². The number of carbonyl (C=O) groups excluding carboxylic acids is 2. The summed E-state index contributed by atoms with van der Waals surface area (Å²) in [7, 11) is 0. The largest absolute Gasteiger partial charge is 0.326 e. The van der Waals surface area contributed by atoms with Crippen molar-refractivity contribution in [1.29, 1.82) is 0 Å². The van der Waals surface area contributed by atoms with Crippen LogP contribution in [0.2, 0.25) is 0 Å². The molecule has 2 aromatic carbocycles. The van der Waals surface area contributed by atoms with E-state index in [1.54, 1.807) is 49.4 Å². The van der Waals surface area contributed by atoms with Gasteiger partial charge in [0.2, 0.25) is 11.8 Å². The first kappa shape index (κ1) is 19.1.